The van der Waals surface area contributed by atoms with Crippen LogP contribution in [0.25, 0.3) is 0 Å². The van der Waals surface area contributed by atoms with E-state index in [1.54, 1.807) is 5.01 Å². The highest BCUT2D eigenvalue weighted by Crippen LogP contribution is 2.32. The number of amides is 2. The highest BCUT2D eigenvalue weighted by molar-refractivity contribution is 6.25. The van der Waals surface area contributed by atoms with Crippen LogP contribution < -0.4 is 4.90 Å². The van der Waals surface area contributed by atoms with Gasteiger partial charge in [-0.2, -0.15) is 5.11 Å². The Hall–Kier alpha value is -3.09. The summed E-state index contributed by atoms with van der Waals surface area (Å²) in [7, 11) is 0. The lowest BCUT2D eigenvalue weighted by molar-refractivity contribution is -0.123. The van der Waals surface area contributed by atoms with Crippen molar-refractivity contribution in [2.75, 3.05) is 4.90 Å². The first-order chi connectivity index (χ1) is 12.0. The predicted octanol–water partition coefficient (Wildman–Crippen LogP) is 2.63. The minimum Gasteiger partial charge on any atom is -0.271 e. The number of hydrogen-bond acceptors (Lipinski definition) is 5. The van der Waals surface area contributed by atoms with Crippen molar-refractivity contribution in [3.05, 3.63) is 65.5 Å². The van der Waals surface area contributed by atoms with E-state index >= 15 is 0 Å². The van der Waals surface area contributed by atoms with E-state index in [2.05, 4.69) is 10.3 Å². The Bertz CT molecular complexity index is 881. The van der Waals surface area contributed by atoms with Crippen molar-refractivity contribution >= 4 is 17.5 Å². The van der Waals surface area contributed by atoms with Gasteiger partial charge in [0.25, 0.3) is 11.8 Å². The van der Waals surface area contributed by atoms with Crippen molar-refractivity contribution < 1.29 is 14.0 Å². The molecule has 1 saturated heterocycles. The van der Waals surface area contributed by atoms with Gasteiger partial charge in [0.15, 0.2) is 12.1 Å². The summed E-state index contributed by atoms with van der Waals surface area (Å²) in [5.74, 6) is -1.25. The van der Waals surface area contributed by atoms with Gasteiger partial charge in [0.05, 0.1) is 12.2 Å². The number of carbonyl (C=O) groups is 2. The molecular formula is C18H15FN4O2. The zero-order chi connectivity index (χ0) is 17.6. The Morgan fingerprint density at radius 1 is 1.08 bits per heavy atom. The summed E-state index contributed by atoms with van der Waals surface area (Å²) in [5, 5.41) is 9.55. The van der Waals surface area contributed by atoms with Crippen molar-refractivity contribution in [1.29, 1.82) is 0 Å². The molecule has 0 bridgehead atoms. The van der Waals surface area contributed by atoms with Crippen molar-refractivity contribution in [2.45, 2.75) is 25.6 Å². The Labute approximate surface area is 143 Å². The number of benzene rings is 2. The van der Waals surface area contributed by atoms with Crippen LogP contribution >= 0.6 is 0 Å². The zero-order valence-corrected chi connectivity index (χ0v) is 13.5. The number of rotatable bonds is 3. The van der Waals surface area contributed by atoms with Gasteiger partial charge >= 0.3 is 0 Å². The Balaban J connectivity index is 1.60. The van der Waals surface area contributed by atoms with Crippen LogP contribution in [0.3, 0.4) is 0 Å². The topological polar surface area (TPSA) is 65.3 Å². The largest absolute Gasteiger partial charge is 0.271 e. The highest BCUT2D eigenvalue weighted by atomic mass is 19.1. The molecule has 6 nitrogen and oxygen atoms in total. The number of carbonyl (C=O) groups excluding carboxylic acids is 2. The second-order valence-electron chi connectivity index (χ2n) is 6.17. The van der Waals surface area contributed by atoms with E-state index in [9.17, 15) is 14.0 Å². The van der Waals surface area contributed by atoms with Crippen LogP contribution in [0.2, 0.25) is 0 Å². The Kier molecular flexibility index (Phi) is 3.56. The summed E-state index contributed by atoms with van der Waals surface area (Å²) < 4.78 is 13.1. The van der Waals surface area contributed by atoms with Gasteiger partial charge in [0, 0.05) is 0 Å². The number of aryl methyl sites for hydroxylation is 1. The highest BCUT2D eigenvalue weighted by Gasteiger charge is 2.54. The fourth-order valence-corrected chi connectivity index (χ4v) is 3.20. The Morgan fingerprint density at radius 2 is 1.84 bits per heavy atom. The molecule has 126 valence electrons. The molecule has 2 heterocycles. The standard InChI is InChI=1S/C18H15FN4O2/c1-11-3-2-4-12(9-11)10-22-16-15(20-21-22)17(24)23(18(16)25)14-7-5-13(19)6-8-14/h2-9,15-16H,10H2,1H3/t15-,16+/m1/s1. The number of fused-ring (bicyclic) bond motifs is 1. The third kappa shape index (κ3) is 2.57. The predicted molar refractivity (Wildman–Crippen MR) is 88.0 cm³/mol. The van der Waals surface area contributed by atoms with Crippen LogP contribution in [-0.2, 0) is 16.1 Å². The van der Waals surface area contributed by atoms with Gasteiger partial charge in [-0.05, 0) is 36.8 Å². The molecule has 0 spiro atoms. The Morgan fingerprint density at radius 3 is 2.56 bits per heavy atom. The van der Waals surface area contributed by atoms with Crippen LogP contribution in [0, 0.1) is 12.7 Å². The first kappa shape index (κ1) is 15.4. The molecule has 4 rings (SSSR count). The van der Waals surface area contributed by atoms with Gasteiger partial charge < -0.3 is 0 Å². The molecule has 2 amide bonds. The van der Waals surface area contributed by atoms with Crippen LogP contribution in [0.1, 0.15) is 11.1 Å². The minimum atomic E-state index is -0.845. The smallest absolute Gasteiger partial charge is 0.263 e. The third-order valence-corrected chi connectivity index (χ3v) is 4.37. The fourth-order valence-electron chi connectivity index (χ4n) is 3.20. The maximum absolute atomic E-state index is 13.1. The molecule has 2 aliphatic heterocycles. The van der Waals surface area contributed by atoms with E-state index in [0.29, 0.717) is 12.2 Å². The molecule has 0 radical (unpaired) electrons. The molecule has 1 fully saturated rings. The lowest BCUT2D eigenvalue weighted by Gasteiger charge is -2.20. The quantitative estimate of drug-likeness (QED) is 0.808. The van der Waals surface area contributed by atoms with Crippen LogP contribution in [0.15, 0.2) is 58.9 Å². The molecule has 0 saturated carbocycles. The van der Waals surface area contributed by atoms with Crippen LogP contribution in [0.4, 0.5) is 10.1 Å². The number of nitrogens with zero attached hydrogens (tertiary/aromatic N) is 4. The van der Waals surface area contributed by atoms with Crippen molar-refractivity contribution in [3.63, 3.8) is 0 Å². The molecule has 2 aliphatic rings. The van der Waals surface area contributed by atoms with Crippen molar-refractivity contribution in [2.24, 2.45) is 10.3 Å². The number of hydrogen-bond donors (Lipinski definition) is 0. The average molecular weight is 338 g/mol. The summed E-state index contributed by atoms with van der Waals surface area (Å²) in [4.78, 5) is 26.4. The van der Waals surface area contributed by atoms with Gasteiger partial charge in [0.1, 0.15) is 5.82 Å². The van der Waals surface area contributed by atoms with E-state index in [4.69, 9.17) is 0 Å². The summed E-state index contributed by atoms with van der Waals surface area (Å²) in [6.45, 7) is 2.38. The third-order valence-electron chi connectivity index (χ3n) is 4.37. The second-order valence-corrected chi connectivity index (χ2v) is 6.17. The normalized spacial score (nSPS) is 22.0. The average Bonchev–Trinajstić information content (AvgIpc) is 3.10. The van der Waals surface area contributed by atoms with Gasteiger partial charge in [-0.3, -0.25) is 14.6 Å². The SMILES string of the molecule is Cc1cccc(CN2N=N[C@H]3C(=O)N(c4ccc(F)cc4)C(=O)[C@H]32)c1. The molecular weight excluding hydrogens is 323 g/mol. The zero-order valence-electron chi connectivity index (χ0n) is 13.5. The van der Waals surface area contributed by atoms with E-state index in [-0.39, 0.29) is 5.91 Å². The van der Waals surface area contributed by atoms with Gasteiger partial charge in [-0.15, -0.1) is 0 Å². The number of anilines is 1. The molecule has 7 heteroatoms. The molecule has 2 aromatic rings. The minimum absolute atomic E-state index is 0.344. The molecule has 2 atom stereocenters. The lowest BCUT2D eigenvalue weighted by atomic mass is 10.1. The summed E-state index contributed by atoms with van der Waals surface area (Å²) >= 11 is 0. The van der Waals surface area contributed by atoms with Gasteiger partial charge in [0.2, 0.25) is 0 Å². The monoisotopic (exact) mass is 338 g/mol. The first-order valence-electron chi connectivity index (χ1n) is 7.91. The number of imide groups is 1. The molecule has 0 N–H and O–H groups in total. The van der Waals surface area contributed by atoms with E-state index in [0.717, 1.165) is 16.0 Å². The summed E-state index contributed by atoms with van der Waals surface area (Å²) in [6, 6.07) is 11.5. The molecule has 0 unspecified atom stereocenters. The van der Waals surface area contributed by atoms with Crippen LogP contribution in [0.5, 0.6) is 0 Å². The first-order valence-corrected chi connectivity index (χ1v) is 7.91. The fraction of sp³-hybridized carbons (Fsp3) is 0.222. The van der Waals surface area contributed by atoms with Crippen molar-refractivity contribution in [3.8, 4) is 0 Å². The van der Waals surface area contributed by atoms with Gasteiger partial charge in [-0.25, -0.2) is 9.29 Å². The van der Waals surface area contributed by atoms with Crippen LogP contribution in [-0.4, -0.2) is 28.9 Å². The maximum Gasteiger partial charge on any atom is 0.263 e. The molecule has 0 aliphatic carbocycles. The van der Waals surface area contributed by atoms with E-state index in [1.165, 1.54) is 24.3 Å². The molecule has 2 aromatic carbocycles. The van der Waals surface area contributed by atoms with Gasteiger partial charge in [-0.1, -0.05) is 35.1 Å². The van der Waals surface area contributed by atoms with E-state index in [1.807, 2.05) is 31.2 Å². The number of halogens is 1. The van der Waals surface area contributed by atoms with Crippen molar-refractivity contribution in [1.82, 2.24) is 5.01 Å². The lowest BCUT2D eigenvalue weighted by Crippen LogP contribution is -2.39. The molecule has 25 heavy (non-hydrogen) atoms. The van der Waals surface area contributed by atoms with E-state index < -0.39 is 23.8 Å². The maximum atomic E-state index is 13.1. The second kappa shape index (κ2) is 5.77. The molecule has 0 aromatic heterocycles. The summed E-state index contributed by atoms with van der Waals surface area (Å²) in [5.41, 5.74) is 2.43. The summed E-state index contributed by atoms with van der Waals surface area (Å²) in [6.07, 6.45) is 0.